The molecule has 2 aromatic rings. The number of benzene rings is 2. The van der Waals surface area contributed by atoms with Crippen LogP contribution >= 0.6 is 0 Å². The summed E-state index contributed by atoms with van der Waals surface area (Å²) in [4.78, 5) is 0. The molecule has 126 valence electrons. The van der Waals surface area contributed by atoms with Crippen LogP contribution in [0.15, 0.2) is 77.7 Å². The molecule has 0 atom stereocenters. The molecule has 0 saturated carbocycles. The molecule has 0 spiro atoms. The summed E-state index contributed by atoms with van der Waals surface area (Å²) in [5, 5.41) is 10.6. The fourth-order valence-corrected chi connectivity index (χ4v) is 2.42. The molecule has 0 aliphatic heterocycles. The molecule has 0 aliphatic carbocycles. The third kappa shape index (κ3) is 5.88. The Kier molecular flexibility index (Phi) is 7.39. The molecule has 0 unspecified atom stereocenters. The first-order chi connectivity index (χ1) is 12.2. The third-order valence-electron chi connectivity index (χ3n) is 3.79. The van der Waals surface area contributed by atoms with Gasteiger partial charge in [-0.05, 0) is 36.5 Å². The van der Waals surface area contributed by atoms with Gasteiger partial charge in [0.15, 0.2) is 5.76 Å². The van der Waals surface area contributed by atoms with Crippen molar-refractivity contribution in [3.05, 3.63) is 88.9 Å². The second kappa shape index (κ2) is 10.0. The van der Waals surface area contributed by atoms with E-state index in [-0.39, 0.29) is 5.76 Å². The second-order valence-corrected chi connectivity index (χ2v) is 5.82. The van der Waals surface area contributed by atoms with E-state index in [4.69, 9.17) is 0 Å². The molecule has 0 radical (unpaired) electrons. The Morgan fingerprint density at radius 2 is 1.64 bits per heavy atom. The summed E-state index contributed by atoms with van der Waals surface area (Å²) in [6.07, 6.45) is 4.87. The van der Waals surface area contributed by atoms with E-state index >= 15 is 0 Å². The van der Waals surface area contributed by atoms with Gasteiger partial charge in [-0.1, -0.05) is 79.9 Å². The van der Waals surface area contributed by atoms with Crippen LogP contribution in [0.1, 0.15) is 44.2 Å². The van der Waals surface area contributed by atoms with E-state index in [0.29, 0.717) is 0 Å². The number of hydrogen-bond acceptors (Lipinski definition) is 1. The zero-order valence-corrected chi connectivity index (χ0v) is 14.9. The Balaban J connectivity index is 2.44. The lowest BCUT2D eigenvalue weighted by atomic mass is 9.97. The predicted molar refractivity (Wildman–Crippen MR) is 107 cm³/mol. The molecule has 0 aromatic heterocycles. The van der Waals surface area contributed by atoms with Gasteiger partial charge in [0.1, 0.15) is 0 Å². The molecule has 2 rings (SSSR count). The minimum atomic E-state index is 0.105. The Bertz CT molecular complexity index is 824. The highest BCUT2D eigenvalue weighted by Gasteiger charge is 2.09. The van der Waals surface area contributed by atoms with Crippen LogP contribution in [0, 0.1) is 11.8 Å². The van der Waals surface area contributed by atoms with Gasteiger partial charge in [-0.15, -0.1) is 5.73 Å². The first-order valence-corrected chi connectivity index (χ1v) is 8.68. The number of hydrogen-bond donors (Lipinski definition) is 1. The first-order valence-electron chi connectivity index (χ1n) is 8.68. The van der Waals surface area contributed by atoms with Gasteiger partial charge >= 0.3 is 0 Å². The average Bonchev–Trinajstić information content (AvgIpc) is 2.65. The monoisotopic (exact) mass is 328 g/mol. The van der Waals surface area contributed by atoms with E-state index < -0.39 is 0 Å². The molecule has 0 fully saturated rings. The standard InChI is InChI=1S/C24H24O/c1-3-4-5-12-17-23(25)24(22-15-10-7-11-16-22)20(2)18-19-21-13-8-6-9-14-21/h6-11,13-16,19,25H,3-5H2,1-2H3/b24-23-. The quantitative estimate of drug-likeness (QED) is 0.221. The van der Waals surface area contributed by atoms with Crippen LogP contribution in [0.3, 0.4) is 0 Å². The molecule has 0 amide bonds. The Morgan fingerprint density at radius 3 is 2.28 bits per heavy atom. The van der Waals surface area contributed by atoms with Gasteiger partial charge in [0.2, 0.25) is 0 Å². The summed E-state index contributed by atoms with van der Waals surface area (Å²) >= 11 is 0. The van der Waals surface area contributed by atoms with Gasteiger partial charge in [0.05, 0.1) is 0 Å². The molecule has 0 saturated heterocycles. The van der Waals surface area contributed by atoms with Crippen molar-refractivity contribution < 1.29 is 5.11 Å². The SMILES string of the molecule is CCCCC#C/C(O)=C(\C(C)=C=Cc1ccccc1)c1ccccc1. The topological polar surface area (TPSA) is 20.2 Å². The summed E-state index contributed by atoms with van der Waals surface area (Å²) in [6.45, 7) is 4.08. The van der Waals surface area contributed by atoms with Gasteiger partial charge in [0, 0.05) is 17.6 Å². The number of aliphatic hydroxyl groups is 1. The Labute approximate surface area is 151 Å². The summed E-state index contributed by atoms with van der Waals surface area (Å²) in [6, 6.07) is 19.9. The van der Waals surface area contributed by atoms with Crippen molar-refractivity contribution in [3.63, 3.8) is 0 Å². The normalized spacial score (nSPS) is 10.8. The maximum absolute atomic E-state index is 10.6. The minimum absolute atomic E-state index is 0.105. The van der Waals surface area contributed by atoms with E-state index in [2.05, 4.69) is 24.5 Å². The summed E-state index contributed by atoms with van der Waals surface area (Å²) in [5.41, 5.74) is 6.89. The van der Waals surface area contributed by atoms with Gasteiger partial charge in [-0.2, -0.15) is 0 Å². The molecule has 0 aliphatic rings. The van der Waals surface area contributed by atoms with Crippen molar-refractivity contribution in [2.75, 3.05) is 0 Å². The van der Waals surface area contributed by atoms with Crippen molar-refractivity contribution in [1.82, 2.24) is 0 Å². The fraction of sp³-hybridized carbons (Fsp3) is 0.208. The van der Waals surface area contributed by atoms with E-state index in [1.54, 1.807) is 0 Å². The average molecular weight is 328 g/mol. The number of rotatable bonds is 5. The van der Waals surface area contributed by atoms with Crippen LogP contribution in [-0.2, 0) is 0 Å². The zero-order chi connectivity index (χ0) is 17.9. The minimum Gasteiger partial charge on any atom is -0.500 e. The molecular formula is C24H24O. The molecule has 0 heterocycles. The lowest BCUT2D eigenvalue weighted by Gasteiger charge is -2.07. The van der Waals surface area contributed by atoms with Crippen LogP contribution < -0.4 is 0 Å². The highest BCUT2D eigenvalue weighted by molar-refractivity contribution is 5.82. The van der Waals surface area contributed by atoms with Crippen molar-refractivity contribution in [2.45, 2.75) is 33.1 Å². The number of allylic oxidation sites excluding steroid dienone is 3. The van der Waals surface area contributed by atoms with Crippen molar-refractivity contribution >= 4 is 11.6 Å². The predicted octanol–water partition coefficient (Wildman–Crippen LogP) is 6.41. The van der Waals surface area contributed by atoms with Crippen molar-refractivity contribution in [1.29, 1.82) is 0 Å². The van der Waals surface area contributed by atoms with E-state index in [0.717, 1.165) is 41.5 Å². The Hall–Kier alpha value is -2.94. The van der Waals surface area contributed by atoms with Gasteiger partial charge in [-0.3, -0.25) is 0 Å². The smallest absolute Gasteiger partial charge is 0.176 e. The lowest BCUT2D eigenvalue weighted by Crippen LogP contribution is -1.92. The summed E-state index contributed by atoms with van der Waals surface area (Å²) in [5.74, 6) is 6.07. The van der Waals surface area contributed by atoms with Crippen molar-refractivity contribution in [2.24, 2.45) is 0 Å². The molecule has 1 heteroatoms. The lowest BCUT2D eigenvalue weighted by molar-refractivity contribution is 0.441. The van der Waals surface area contributed by atoms with E-state index in [1.807, 2.05) is 73.7 Å². The molecule has 1 N–H and O–H groups in total. The van der Waals surface area contributed by atoms with Gasteiger partial charge in [0.25, 0.3) is 0 Å². The zero-order valence-electron chi connectivity index (χ0n) is 14.9. The van der Waals surface area contributed by atoms with Gasteiger partial charge in [-0.25, -0.2) is 0 Å². The van der Waals surface area contributed by atoms with Gasteiger partial charge < -0.3 is 5.11 Å². The summed E-state index contributed by atoms with van der Waals surface area (Å²) < 4.78 is 0. The largest absolute Gasteiger partial charge is 0.500 e. The second-order valence-electron chi connectivity index (χ2n) is 5.82. The maximum Gasteiger partial charge on any atom is 0.176 e. The van der Waals surface area contributed by atoms with Crippen LogP contribution in [-0.4, -0.2) is 5.11 Å². The van der Waals surface area contributed by atoms with Crippen LogP contribution in [0.25, 0.3) is 11.6 Å². The molecular weight excluding hydrogens is 304 g/mol. The van der Waals surface area contributed by atoms with Crippen LogP contribution in [0.5, 0.6) is 0 Å². The third-order valence-corrected chi connectivity index (χ3v) is 3.79. The van der Waals surface area contributed by atoms with Crippen LogP contribution in [0.4, 0.5) is 0 Å². The van der Waals surface area contributed by atoms with E-state index in [9.17, 15) is 5.11 Å². The molecule has 25 heavy (non-hydrogen) atoms. The number of unbranched alkanes of at least 4 members (excludes halogenated alkanes) is 2. The maximum atomic E-state index is 10.6. The highest BCUT2D eigenvalue weighted by Crippen LogP contribution is 2.25. The number of aliphatic hydroxyl groups excluding tert-OH is 1. The van der Waals surface area contributed by atoms with Crippen LogP contribution in [0.2, 0.25) is 0 Å². The molecule has 2 aromatic carbocycles. The fourth-order valence-electron chi connectivity index (χ4n) is 2.42. The molecule has 0 bridgehead atoms. The highest BCUT2D eigenvalue weighted by atomic mass is 16.3. The molecule has 1 nitrogen and oxygen atoms in total. The van der Waals surface area contributed by atoms with Crippen molar-refractivity contribution in [3.8, 4) is 11.8 Å². The van der Waals surface area contributed by atoms with E-state index in [1.165, 1.54) is 0 Å². The first kappa shape index (κ1) is 18.4. The Morgan fingerprint density at radius 1 is 1.00 bits per heavy atom. The summed E-state index contributed by atoms with van der Waals surface area (Å²) in [7, 11) is 0.